The maximum Gasteiger partial charge on any atom is 0.255 e. The first-order valence-corrected chi connectivity index (χ1v) is 8.96. The van der Waals surface area contributed by atoms with Crippen LogP contribution in [-0.4, -0.2) is 10.9 Å². The summed E-state index contributed by atoms with van der Waals surface area (Å²) < 4.78 is 14.5. The van der Waals surface area contributed by atoms with E-state index in [1.807, 2.05) is 24.3 Å². The molecule has 138 valence electrons. The predicted octanol–water partition coefficient (Wildman–Crippen LogP) is 6.09. The van der Waals surface area contributed by atoms with Crippen molar-refractivity contribution in [3.8, 4) is 11.3 Å². The minimum Gasteiger partial charge on any atom is -0.322 e. The smallest absolute Gasteiger partial charge is 0.255 e. The lowest BCUT2D eigenvalue weighted by atomic mass is 9.87. The third-order valence-corrected chi connectivity index (χ3v) is 4.56. The molecule has 0 aliphatic rings. The molecular weight excluding hydrogens is 363 g/mol. The molecule has 1 aromatic heterocycles. The number of benzene rings is 2. The second-order valence-electron chi connectivity index (χ2n) is 7.31. The number of hydrogen-bond acceptors (Lipinski definition) is 2. The van der Waals surface area contributed by atoms with E-state index in [2.05, 4.69) is 31.1 Å². The van der Waals surface area contributed by atoms with Gasteiger partial charge in [-0.3, -0.25) is 9.78 Å². The van der Waals surface area contributed by atoms with Crippen LogP contribution in [0.25, 0.3) is 11.3 Å². The van der Waals surface area contributed by atoms with Gasteiger partial charge < -0.3 is 5.32 Å². The Morgan fingerprint density at radius 2 is 1.78 bits per heavy atom. The molecule has 0 atom stereocenters. The van der Waals surface area contributed by atoms with E-state index in [-0.39, 0.29) is 22.4 Å². The highest BCUT2D eigenvalue weighted by Crippen LogP contribution is 2.28. The topological polar surface area (TPSA) is 42.0 Å². The summed E-state index contributed by atoms with van der Waals surface area (Å²) in [6.45, 7) is 6.37. The van der Waals surface area contributed by atoms with Gasteiger partial charge in [-0.25, -0.2) is 4.39 Å². The van der Waals surface area contributed by atoms with Crippen molar-refractivity contribution in [1.82, 2.24) is 4.98 Å². The Hall–Kier alpha value is -2.72. The Bertz CT molecular complexity index is 978. The monoisotopic (exact) mass is 382 g/mol. The number of rotatable bonds is 3. The minimum atomic E-state index is -0.550. The number of nitrogens with zero attached hydrogens (tertiary/aromatic N) is 1. The quantitative estimate of drug-likeness (QED) is 0.595. The summed E-state index contributed by atoms with van der Waals surface area (Å²) in [5, 5.41) is 3.14. The molecule has 1 heterocycles. The lowest BCUT2D eigenvalue weighted by Crippen LogP contribution is -2.14. The van der Waals surface area contributed by atoms with E-state index in [1.54, 1.807) is 24.4 Å². The van der Waals surface area contributed by atoms with E-state index < -0.39 is 5.82 Å². The zero-order valence-corrected chi connectivity index (χ0v) is 16.1. The summed E-state index contributed by atoms with van der Waals surface area (Å²) in [4.78, 5) is 16.6. The zero-order valence-electron chi connectivity index (χ0n) is 15.4. The average Bonchev–Trinajstić information content (AvgIpc) is 2.62. The summed E-state index contributed by atoms with van der Waals surface area (Å²) in [7, 11) is 0. The van der Waals surface area contributed by atoms with Crippen molar-refractivity contribution in [2.45, 2.75) is 26.2 Å². The normalized spacial score (nSPS) is 11.3. The second-order valence-corrected chi connectivity index (χ2v) is 7.72. The maximum atomic E-state index is 14.5. The fourth-order valence-electron chi connectivity index (χ4n) is 2.69. The van der Waals surface area contributed by atoms with Gasteiger partial charge in [0.1, 0.15) is 5.82 Å². The van der Waals surface area contributed by atoms with E-state index >= 15 is 0 Å². The van der Waals surface area contributed by atoms with Crippen LogP contribution in [0.1, 0.15) is 36.7 Å². The molecule has 1 N–H and O–H groups in total. The van der Waals surface area contributed by atoms with Gasteiger partial charge in [0, 0.05) is 23.0 Å². The number of halogens is 2. The van der Waals surface area contributed by atoms with E-state index in [9.17, 15) is 9.18 Å². The van der Waals surface area contributed by atoms with Gasteiger partial charge in [0.2, 0.25) is 0 Å². The van der Waals surface area contributed by atoms with Crippen LogP contribution in [-0.2, 0) is 5.41 Å². The molecule has 3 rings (SSSR count). The van der Waals surface area contributed by atoms with Crippen molar-refractivity contribution in [3.63, 3.8) is 0 Å². The summed E-state index contributed by atoms with van der Waals surface area (Å²) in [6.07, 6.45) is 1.54. The second kappa shape index (κ2) is 7.49. The number of carbonyl (C=O) groups excluding carboxylic acids is 1. The van der Waals surface area contributed by atoms with E-state index in [0.717, 1.165) is 0 Å². The molecule has 3 nitrogen and oxygen atoms in total. The number of hydrogen-bond donors (Lipinski definition) is 1. The Morgan fingerprint density at radius 1 is 1.07 bits per heavy atom. The lowest BCUT2D eigenvalue weighted by Gasteiger charge is -2.19. The Morgan fingerprint density at radius 3 is 2.37 bits per heavy atom. The van der Waals surface area contributed by atoms with Crippen LogP contribution >= 0.6 is 11.6 Å². The van der Waals surface area contributed by atoms with Crippen molar-refractivity contribution < 1.29 is 9.18 Å². The molecule has 0 aliphatic heterocycles. The van der Waals surface area contributed by atoms with Crippen molar-refractivity contribution in [2.24, 2.45) is 0 Å². The summed E-state index contributed by atoms with van der Waals surface area (Å²) in [5.74, 6) is -0.928. The predicted molar refractivity (Wildman–Crippen MR) is 108 cm³/mol. The molecule has 0 fully saturated rings. The third-order valence-electron chi connectivity index (χ3n) is 4.25. The van der Waals surface area contributed by atoms with E-state index in [0.29, 0.717) is 16.4 Å². The van der Waals surface area contributed by atoms with Gasteiger partial charge in [-0.2, -0.15) is 0 Å². The Kier molecular flexibility index (Phi) is 5.29. The fraction of sp³-hybridized carbons (Fsp3) is 0.182. The summed E-state index contributed by atoms with van der Waals surface area (Å²) in [5.41, 5.74) is 2.69. The van der Waals surface area contributed by atoms with Crippen LogP contribution in [0.3, 0.4) is 0 Å². The van der Waals surface area contributed by atoms with Gasteiger partial charge >= 0.3 is 0 Å². The molecule has 0 spiro atoms. The summed E-state index contributed by atoms with van der Waals surface area (Å²) in [6, 6.07) is 15.2. The number of nitrogens with one attached hydrogen (secondary N) is 1. The molecular formula is C22H20ClFN2O. The number of pyridine rings is 1. The molecule has 27 heavy (non-hydrogen) atoms. The molecule has 0 radical (unpaired) electrons. The third kappa shape index (κ3) is 4.34. The van der Waals surface area contributed by atoms with Gasteiger partial charge in [-0.1, -0.05) is 44.5 Å². The number of aromatic nitrogens is 1. The highest BCUT2D eigenvalue weighted by Gasteiger charge is 2.15. The largest absolute Gasteiger partial charge is 0.322 e. The molecule has 3 aromatic rings. The molecule has 2 aromatic carbocycles. The van der Waals surface area contributed by atoms with Crippen molar-refractivity contribution in [3.05, 3.63) is 82.8 Å². The first kappa shape index (κ1) is 19.1. The molecule has 1 amide bonds. The highest BCUT2D eigenvalue weighted by molar-refractivity contribution is 6.33. The van der Waals surface area contributed by atoms with Gasteiger partial charge in [-0.05, 0) is 53.4 Å². The van der Waals surface area contributed by atoms with E-state index in [4.69, 9.17) is 11.6 Å². The number of carbonyl (C=O) groups is 1. The van der Waals surface area contributed by atoms with Crippen molar-refractivity contribution in [2.75, 3.05) is 5.32 Å². The zero-order chi connectivity index (χ0) is 19.6. The maximum absolute atomic E-state index is 14.5. The van der Waals surface area contributed by atoms with E-state index in [1.165, 1.54) is 17.7 Å². The molecule has 0 aliphatic carbocycles. The van der Waals surface area contributed by atoms with Gasteiger partial charge in [0.05, 0.1) is 10.7 Å². The number of anilines is 1. The lowest BCUT2D eigenvalue weighted by molar-refractivity contribution is 0.102. The molecule has 0 unspecified atom stereocenters. The molecule has 0 saturated carbocycles. The molecule has 0 saturated heterocycles. The number of amides is 1. The fourth-order valence-corrected chi connectivity index (χ4v) is 2.91. The minimum absolute atomic E-state index is 0.0360. The SMILES string of the molecule is CC(C)(C)c1ccc(NC(=O)c2ccc(-c3ncccc3Cl)c(F)c2)cc1. The van der Waals surface area contributed by atoms with Crippen molar-refractivity contribution in [1.29, 1.82) is 0 Å². The highest BCUT2D eigenvalue weighted by atomic mass is 35.5. The molecule has 5 heteroatoms. The average molecular weight is 383 g/mol. The Balaban J connectivity index is 1.80. The standard InChI is InChI=1S/C22H20ClFN2O/c1-22(2,3)15-7-9-16(10-8-15)26-21(27)14-6-11-17(19(24)13-14)20-18(23)5-4-12-25-20/h4-13H,1-3H3,(H,26,27). The van der Waals surface area contributed by atoms with Crippen LogP contribution in [0, 0.1) is 5.82 Å². The van der Waals surface area contributed by atoms with Crippen LogP contribution in [0.15, 0.2) is 60.8 Å². The van der Waals surface area contributed by atoms with Gasteiger partial charge in [-0.15, -0.1) is 0 Å². The van der Waals surface area contributed by atoms with Crippen LogP contribution in [0.4, 0.5) is 10.1 Å². The Labute approximate surface area is 163 Å². The first-order valence-electron chi connectivity index (χ1n) is 8.58. The van der Waals surface area contributed by atoms with Crippen LogP contribution in [0.2, 0.25) is 5.02 Å². The van der Waals surface area contributed by atoms with Gasteiger partial charge in [0.25, 0.3) is 5.91 Å². The first-order chi connectivity index (χ1) is 12.8. The van der Waals surface area contributed by atoms with Crippen LogP contribution in [0.5, 0.6) is 0 Å². The molecule has 0 bridgehead atoms. The van der Waals surface area contributed by atoms with Crippen molar-refractivity contribution >= 4 is 23.2 Å². The van der Waals surface area contributed by atoms with Crippen LogP contribution < -0.4 is 5.32 Å². The van der Waals surface area contributed by atoms with Gasteiger partial charge in [0.15, 0.2) is 0 Å². The summed E-state index contributed by atoms with van der Waals surface area (Å²) >= 11 is 6.08.